The normalized spacial score (nSPS) is 21.8. The summed E-state index contributed by atoms with van der Waals surface area (Å²) in [4.78, 5) is 28.7. The molecule has 5 nitrogen and oxygen atoms in total. The lowest BCUT2D eigenvalue weighted by Gasteiger charge is -2.38. The highest BCUT2D eigenvalue weighted by molar-refractivity contribution is 7.10. The van der Waals surface area contributed by atoms with Crippen molar-refractivity contribution in [2.24, 2.45) is 0 Å². The van der Waals surface area contributed by atoms with Crippen LogP contribution >= 0.6 is 22.9 Å². The molecule has 1 fully saturated rings. The molecule has 0 radical (unpaired) electrons. The minimum absolute atomic E-state index is 0.127. The maximum Gasteiger partial charge on any atom is 0.254 e. The van der Waals surface area contributed by atoms with Crippen LogP contribution in [0.3, 0.4) is 0 Å². The molecule has 1 amide bonds. The standard InChI is InChI=1S/C21H19ClN4OS/c22-15-4-7-17-13(10-15)2-5-16-6-3-14(11-26(16)21(17)27)20-25-18(12-28-20)19-23-8-1-9-24-19/h1,4,7-10,12,14,16H,2-3,5-6,11H2. The van der Waals surface area contributed by atoms with Crippen LogP contribution < -0.4 is 0 Å². The maximum atomic E-state index is 13.2. The fourth-order valence-corrected chi connectivity index (χ4v) is 5.36. The second-order valence-electron chi connectivity index (χ2n) is 7.37. The Balaban J connectivity index is 1.40. The van der Waals surface area contributed by atoms with E-state index >= 15 is 0 Å². The van der Waals surface area contributed by atoms with Gasteiger partial charge in [0.25, 0.3) is 5.91 Å². The predicted molar refractivity (Wildman–Crippen MR) is 110 cm³/mol. The van der Waals surface area contributed by atoms with E-state index < -0.39 is 0 Å². The molecule has 142 valence electrons. The minimum atomic E-state index is 0.127. The van der Waals surface area contributed by atoms with E-state index in [-0.39, 0.29) is 11.8 Å². The zero-order chi connectivity index (χ0) is 19.1. The Labute approximate surface area is 172 Å². The number of fused-ring (bicyclic) bond motifs is 2. The lowest BCUT2D eigenvalue weighted by Crippen LogP contribution is -2.45. The molecule has 0 spiro atoms. The van der Waals surface area contributed by atoms with Gasteiger partial charge < -0.3 is 4.90 Å². The number of nitrogens with zero attached hydrogens (tertiary/aromatic N) is 4. The third-order valence-electron chi connectivity index (χ3n) is 5.68. The van der Waals surface area contributed by atoms with Crippen molar-refractivity contribution in [3.05, 3.63) is 63.2 Å². The van der Waals surface area contributed by atoms with Gasteiger partial charge in [-0.3, -0.25) is 4.79 Å². The summed E-state index contributed by atoms with van der Waals surface area (Å²) in [6.45, 7) is 0.716. The average molecular weight is 411 g/mol. The Morgan fingerprint density at radius 1 is 1.14 bits per heavy atom. The Bertz CT molecular complexity index is 1020. The molecule has 2 aliphatic rings. The maximum absolute atomic E-state index is 13.2. The van der Waals surface area contributed by atoms with E-state index in [0.29, 0.717) is 23.4 Å². The van der Waals surface area contributed by atoms with E-state index in [2.05, 4.69) is 14.9 Å². The molecule has 4 heterocycles. The third-order valence-corrected chi connectivity index (χ3v) is 6.92. The number of carbonyl (C=O) groups is 1. The largest absolute Gasteiger partial charge is 0.335 e. The van der Waals surface area contributed by atoms with Gasteiger partial charge in [0.1, 0.15) is 5.69 Å². The van der Waals surface area contributed by atoms with Crippen molar-refractivity contribution in [1.82, 2.24) is 19.9 Å². The number of amides is 1. The zero-order valence-electron chi connectivity index (χ0n) is 15.2. The van der Waals surface area contributed by atoms with Gasteiger partial charge in [-0.1, -0.05) is 11.6 Å². The highest BCUT2D eigenvalue weighted by atomic mass is 35.5. The van der Waals surface area contributed by atoms with Crippen molar-refractivity contribution in [1.29, 1.82) is 0 Å². The van der Waals surface area contributed by atoms with Gasteiger partial charge >= 0.3 is 0 Å². The number of hydrogen-bond donors (Lipinski definition) is 0. The molecule has 0 bridgehead atoms. The first-order chi connectivity index (χ1) is 13.7. The minimum Gasteiger partial charge on any atom is -0.335 e. The van der Waals surface area contributed by atoms with Gasteiger partial charge in [0, 0.05) is 46.9 Å². The van der Waals surface area contributed by atoms with Crippen molar-refractivity contribution in [2.75, 3.05) is 6.54 Å². The molecular formula is C21H19ClN4OS. The summed E-state index contributed by atoms with van der Waals surface area (Å²) in [5.41, 5.74) is 2.68. The van der Waals surface area contributed by atoms with Crippen LogP contribution in [-0.4, -0.2) is 38.3 Å². The quantitative estimate of drug-likeness (QED) is 0.620. The van der Waals surface area contributed by atoms with E-state index in [1.54, 1.807) is 29.8 Å². The second kappa shape index (κ2) is 7.26. The first kappa shape index (κ1) is 17.8. The molecule has 7 heteroatoms. The molecule has 2 unspecified atom stereocenters. The van der Waals surface area contributed by atoms with E-state index in [1.807, 2.05) is 23.6 Å². The first-order valence-electron chi connectivity index (χ1n) is 9.51. The van der Waals surface area contributed by atoms with Gasteiger partial charge in [-0.25, -0.2) is 15.0 Å². The molecular weight excluding hydrogens is 392 g/mol. The van der Waals surface area contributed by atoms with Crippen LogP contribution in [0.15, 0.2) is 42.0 Å². The molecule has 2 atom stereocenters. The summed E-state index contributed by atoms with van der Waals surface area (Å²) in [7, 11) is 0. The second-order valence-corrected chi connectivity index (χ2v) is 8.70. The molecule has 0 N–H and O–H groups in total. The summed E-state index contributed by atoms with van der Waals surface area (Å²) in [6.07, 6.45) is 7.41. The van der Waals surface area contributed by atoms with Crippen LogP contribution in [-0.2, 0) is 6.42 Å². The van der Waals surface area contributed by atoms with Gasteiger partial charge in [0.15, 0.2) is 5.82 Å². The molecule has 0 saturated carbocycles. The Kier molecular flexibility index (Phi) is 4.61. The highest BCUT2D eigenvalue weighted by Crippen LogP contribution is 2.37. The fourth-order valence-electron chi connectivity index (χ4n) is 4.24. The summed E-state index contributed by atoms with van der Waals surface area (Å²) in [5.74, 6) is 1.04. The molecule has 1 aromatic carbocycles. The SMILES string of the molecule is O=C1c2ccc(Cl)cc2CCC2CCC(c3nc(-c4ncccn4)cs3)CN12. The number of aryl methyl sites for hydroxylation is 1. The first-order valence-corrected chi connectivity index (χ1v) is 10.8. The Morgan fingerprint density at radius 2 is 2.00 bits per heavy atom. The highest BCUT2D eigenvalue weighted by Gasteiger charge is 2.36. The van der Waals surface area contributed by atoms with Gasteiger partial charge in [-0.05, 0) is 55.5 Å². The summed E-state index contributed by atoms with van der Waals surface area (Å²) in [5, 5.41) is 3.77. The molecule has 0 aliphatic carbocycles. The van der Waals surface area contributed by atoms with Crippen molar-refractivity contribution in [3.8, 4) is 11.5 Å². The van der Waals surface area contributed by atoms with Crippen molar-refractivity contribution >= 4 is 28.8 Å². The summed E-state index contributed by atoms with van der Waals surface area (Å²) in [6, 6.07) is 7.73. The van der Waals surface area contributed by atoms with Crippen molar-refractivity contribution < 1.29 is 4.79 Å². The molecule has 2 aromatic heterocycles. The number of halogens is 1. The molecule has 3 aromatic rings. The van der Waals surface area contributed by atoms with E-state index in [9.17, 15) is 4.79 Å². The zero-order valence-corrected chi connectivity index (χ0v) is 16.8. The number of piperidine rings is 1. The number of thiazole rings is 1. The van der Waals surface area contributed by atoms with E-state index in [0.717, 1.165) is 47.5 Å². The molecule has 5 rings (SSSR count). The van der Waals surface area contributed by atoms with Crippen LogP contribution in [0, 0.1) is 0 Å². The number of rotatable bonds is 2. The van der Waals surface area contributed by atoms with Gasteiger partial charge in [0.05, 0.1) is 5.01 Å². The lowest BCUT2D eigenvalue weighted by atomic mass is 9.91. The number of benzene rings is 1. The smallest absolute Gasteiger partial charge is 0.254 e. The average Bonchev–Trinajstić information content (AvgIpc) is 3.18. The van der Waals surface area contributed by atoms with Gasteiger partial charge in [0.2, 0.25) is 0 Å². The number of aromatic nitrogens is 3. The molecule has 28 heavy (non-hydrogen) atoms. The molecule has 1 saturated heterocycles. The van der Waals surface area contributed by atoms with Gasteiger partial charge in [-0.2, -0.15) is 0 Å². The number of hydrogen-bond acceptors (Lipinski definition) is 5. The topological polar surface area (TPSA) is 59.0 Å². The van der Waals surface area contributed by atoms with Crippen LogP contribution in [0.2, 0.25) is 5.02 Å². The third kappa shape index (κ3) is 3.20. The van der Waals surface area contributed by atoms with E-state index in [4.69, 9.17) is 16.6 Å². The van der Waals surface area contributed by atoms with Crippen molar-refractivity contribution in [2.45, 2.75) is 37.6 Å². The molecule has 2 aliphatic heterocycles. The van der Waals surface area contributed by atoms with Crippen LogP contribution in [0.1, 0.15) is 46.1 Å². The van der Waals surface area contributed by atoms with E-state index in [1.165, 1.54) is 0 Å². The van der Waals surface area contributed by atoms with Crippen LogP contribution in [0.5, 0.6) is 0 Å². The Hall–Kier alpha value is -2.31. The summed E-state index contributed by atoms with van der Waals surface area (Å²) >= 11 is 7.78. The lowest BCUT2D eigenvalue weighted by molar-refractivity contribution is 0.0588. The summed E-state index contributed by atoms with van der Waals surface area (Å²) < 4.78 is 0. The van der Waals surface area contributed by atoms with Gasteiger partial charge in [-0.15, -0.1) is 11.3 Å². The van der Waals surface area contributed by atoms with Crippen molar-refractivity contribution in [3.63, 3.8) is 0 Å². The Morgan fingerprint density at radius 3 is 2.86 bits per heavy atom. The van der Waals surface area contributed by atoms with Crippen LogP contribution in [0.4, 0.5) is 0 Å². The number of carbonyl (C=O) groups excluding carboxylic acids is 1. The fraction of sp³-hybridized carbons (Fsp3) is 0.333. The van der Waals surface area contributed by atoms with Crippen LogP contribution in [0.25, 0.3) is 11.5 Å². The predicted octanol–water partition coefficient (Wildman–Crippen LogP) is 4.59. The monoisotopic (exact) mass is 410 g/mol.